The summed E-state index contributed by atoms with van der Waals surface area (Å²) < 4.78 is 53.9. The van der Waals surface area contributed by atoms with E-state index in [1.165, 1.54) is 26.4 Å². The zero-order valence-corrected chi connectivity index (χ0v) is 20.4. The second-order valence-electron chi connectivity index (χ2n) is 7.62. The van der Waals surface area contributed by atoms with E-state index < -0.39 is 29.5 Å². The lowest BCUT2D eigenvalue weighted by atomic mass is 10.1. The average Bonchev–Trinajstić information content (AvgIpc) is 2.91. The van der Waals surface area contributed by atoms with Gasteiger partial charge in [0.05, 0.1) is 25.5 Å². The Hall–Kier alpha value is -4.87. The van der Waals surface area contributed by atoms with Gasteiger partial charge in [-0.1, -0.05) is 12.1 Å². The van der Waals surface area contributed by atoms with E-state index >= 15 is 0 Å². The Bertz CT molecular complexity index is 1370. The molecule has 3 aromatic rings. The van der Waals surface area contributed by atoms with E-state index in [-0.39, 0.29) is 28.5 Å². The van der Waals surface area contributed by atoms with Crippen molar-refractivity contribution in [2.75, 3.05) is 19.5 Å². The van der Waals surface area contributed by atoms with Gasteiger partial charge < -0.3 is 19.5 Å². The van der Waals surface area contributed by atoms with Crippen LogP contribution in [0.15, 0.2) is 71.8 Å². The normalized spacial score (nSPS) is 11.4. The summed E-state index contributed by atoms with van der Waals surface area (Å²) in [7, 11) is 2.81. The molecule has 38 heavy (non-hydrogen) atoms. The van der Waals surface area contributed by atoms with Crippen LogP contribution in [-0.2, 0) is 15.8 Å². The topological polar surface area (TPSA) is 115 Å². The SMILES string of the molecule is COc1cc(/C(C)=N/NC(=O)C(=O)Nc2ccc(C(F)(F)F)cc2)ccc1OC(=O)c1ccccc1OC. The largest absolute Gasteiger partial charge is 0.496 e. The van der Waals surface area contributed by atoms with Gasteiger partial charge in [0.2, 0.25) is 0 Å². The molecule has 0 aromatic heterocycles. The first kappa shape index (κ1) is 27.7. The number of nitrogens with zero attached hydrogens (tertiary/aromatic N) is 1. The standard InChI is InChI=1S/C26H22F3N3O6/c1-15(31-32-24(34)23(33)30-18-11-9-17(10-12-18)26(27,28)29)16-8-13-21(22(14-16)37-3)38-25(35)19-6-4-5-7-20(19)36-2/h4-14H,1-3H3,(H,30,33)(H,32,34)/b31-15+. The van der Waals surface area contributed by atoms with Gasteiger partial charge in [-0.25, -0.2) is 10.2 Å². The van der Waals surface area contributed by atoms with Gasteiger partial charge in [-0.2, -0.15) is 18.3 Å². The molecule has 0 aliphatic carbocycles. The second kappa shape index (κ2) is 11.9. The highest BCUT2D eigenvalue weighted by Crippen LogP contribution is 2.31. The van der Waals surface area contributed by atoms with Crippen molar-refractivity contribution in [1.29, 1.82) is 0 Å². The Balaban J connectivity index is 1.65. The Morgan fingerprint density at radius 3 is 2.11 bits per heavy atom. The number of hydrogen-bond donors (Lipinski definition) is 2. The summed E-state index contributed by atoms with van der Waals surface area (Å²) in [5, 5.41) is 6.05. The molecule has 3 aromatic carbocycles. The van der Waals surface area contributed by atoms with Gasteiger partial charge in [0.15, 0.2) is 11.5 Å². The number of esters is 1. The first-order chi connectivity index (χ1) is 18.0. The van der Waals surface area contributed by atoms with Crippen molar-refractivity contribution in [3.8, 4) is 17.2 Å². The number of nitrogens with one attached hydrogen (secondary N) is 2. The predicted octanol–water partition coefficient (Wildman–Crippen LogP) is 4.42. The van der Waals surface area contributed by atoms with Crippen LogP contribution >= 0.6 is 0 Å². The van der Waals surface area contributed by atoms with Gasteiger partial charge in [-0.05, 0) is 61.5 Å². The minimum atomic E-state index is -4.52. The fourth-order valence-electron chi connectivity index (χ4n) is 3.13. The molecule has 198 valence electrons. The number of carbonyl (C=O) groups excluding carboxylic acids is 3. The number of para-hydroxylation sites is 1. The molecule has 3 rings (SSSR count). The Morgan fingerprint density at radius 1 is 0.816 bits per heavy atom. The van der Waals surface area contributed by atoms with Crippen LogP contribution in [0.2, 0.25) is 0 Å². The van der Waals surface area contributed by atoms with E-state index in [0.717, 1.165) is 24.3 Å². The molecular weight excluding hydrogens is 507 g/mol. The van der Waals surface area contributed by atoms with Gasteiger partial charge in [-0.15, -0.1) is 0 Å². The Morgan fingerprint density at radius 2 is 1.47 bits per heavy atom. The Labute approximate surface area is 215 Å². The summed E-state index contributed by atoms with van der Waals surface area (Å²) in [4.78, 5) is 36.8. The van der Waals surface area contributed by atoms with Crippen LogP contribution in [0.3, 0.4) is 0 Å². The summed E-state index contributed by atoms with van der Waals surface area (Å²) in [6, 6.07) is 14.7. The van der Waals surface area contributed by atoms with Crippen LogP contribution in [0, 0.1) is 0 Å². The second-order valence-corrected chi connectivity index (χ2v) is 7.62. The minimum Gasteiger partial charge on any atom is -0.496 e. The number of amides is 2. The van der Waals surface area contributed by atoms with Crippen LogP contribution in [0.1, 0.15) is 28.4 Å². The van der Waals surface area contributed by atoms with E-state index in [0.29, 0.717) is 11.3 Å². The molecular formula is C26H22F3N3O6. The number of alkyl halides is 3. The monoisotopic (exact) mass is 529 g/mol. The van der Waals surface area contributed by atoms with Crippen molar-refractivity contribution in [3.05, 3.63) is 83.4 Å². The minimum absolute atomic E-state index is 0.00171. The first-order valence-corrected chi connectivity index (χ1v) is 10.9. The van der Waals surface area contributed by atoms with E-state index in [9.17, 15) is 27.6 Å². The maximum absolute atomic E-state index is 12.6. The number of benzene rings is 3. The molecule has 0 spiro atoms. The van der Waals surface area contributed by atoms with Crippen molar-refractivity contribution in [2.24, 2.45) is 5.10 Å². The van der Waals surface area contributed by atoms with Crippen molar-refractivity contribution in [1.82, 2.24) is 5.43 Å². The molecule has 0 unspecified atom stereocenters. The van der Waals surface area contributed by atoms with E-state index in [1.807, 2.05) is 0 Å². The van der Waals surface area contributed by atoms with E-state index in [4.69, 9.17) is 14.2 Å². The lowest BCUT2D eigenvalue weighted by Gasteiger charge is -2.12. The van der Waals surface area contributed by atoms with Crippen LogP contribution in [0.4, 0.5) is 18.9 Å². The molecule has 0 aliphatic heterocycles. The molecule has 0 fully saturated rings. The Kier molecular flexibility index (Phi) is 8.69. The average molecular weight is 529 g/mol. The van der Waals surface area contributed by atoms with Crippen LogP contribution in [-0.4, -0.2) is 37.7 Å². The van der Waals surface area contributed by atoms with Gasteiger partial charge in [-0.3, -0.25) is 9.59 Å². The smallest absolute Gasteiger partial charge is 0.416 e. The maximum Gasteiger partial charge on any atom is 0.416 e. The molecule has 0 saturated carbocycles. The van der Waals surface area contributed by atoms with Gasteiger partial charge >= 0.3 is 24.0 Å². The summed E-state index contributed by atoms with van der Waals surface area (Å²) in [6.07, 6.45) is -4.52. The van der Waals surface area contributed by atoms with E-state index in [1.54, 1.807) is 37.3 Å². The molecule has 0 radical (unpaired) electrons. The van der Waals surface area contributed by atoms with E-state index in [2.05, 4.69) is 15.8 Å². The molecule has 2 N–H and O–H groups in total. The lowest BCUT2D eigenvalue weighted by Crippen LogP contribution is -2.33. The molecule has 2 amide bonds. The fourth-order valence-corrected chi connectivity index (χ4v) is 3.13. The molecule has 9 nitrogen and oxygen atoms in total. The summed E-state index contributed by atoms with van der Waals surface area (Å²) in [6.45, 7) is 1.54. The predicted molar refractivity (Wildman–Crippen MR) is 131 cm³/mol. The third-order valence-corrected chi connectivity index (χ3v) is 5.11. The first-order valence-electron chi connectivity index (χ1n) is 10.9. The highest BCUT2D eigenvalue weighted by atomic mass is 19.4. The third kappa shape index (κ3) is 6.87. The number of hydrogen-bond acceptors (Lipinski definition) is 7. The summed E-state index contributed by atoms with van der Waals surface area (Å²) in [5.74, 6) is -2.26. The van der Waals surface area contributed by atoms with Crippen molar-refractivity contribution >= 4 is 29.2 Å². The third-order valence-electron chi connectivity index (χ3n) is 5.11. The fraction of sp³-hybridized carbons (Fsp3) is 0.154. The summed E-state index contributed by atoms with van der Waals surface area (Å²) >= 11 is 0. The maximum atomic E-state index is 12.6. The van der Waals surface area contributed by atoms with Crippen molar-refractivity contribution in [3.63, 3.8) is 0 Å². The van der Waals surface area contributed by atoms with Crippen molar-refractivity contribution in [2.45, 2.75) is 13.1 Å². The number of hydrazone groups is 1. The molecule has 0 aliphatic rings. The highest BCUT2D eigenvalue weighted by Gasteiger charge is 2.30. The van der Waals surface area contributed by atoms with Crippen LogP contribution in [0.25, 0.3) is 0 Å². The number of anilines is 1. The lowest BCUT2D eigenvalue weighted by molar-refractivity contribution is -0.137. The number of methoxy groups -OCH3 is 2. The molecule has 12 heteroatoms. The van der Waals surface area contributed by atoms with Gasteiger partial charge in [0, 0.05) is 11.3 Å². The van der Waals surface area contributed by atoms with Crippen molar-refractivity contribution < 1.29 is 41.8 Å². The van der Waals surface area contributed by atoms with Gasteiger partial charge in [0.25, 0.3) is 0 Å². The number of ether oxygens (including phenoxy) is 3. The molecule has 0 atom stereocenters. The van der Waals surface area contributed by atoms with Crippen LogP contribution < -0.4 is 25.0 Å². The molecule has 0 saturated heterocycles. The molecule has 0 heterocycles. The number of rotatable bonds is 7. The molecule has 0 bridgehead atoms. The van der Waals surface area contributed by atoms with Crippen LogP contribution in [0.5, 0.6) is 17.2 Å². The summed E-state index contributed by atoms with van der Waals surface area (Å²) in [5.41, 5.74) is 2.15. The quantitative estimate of drug-likeness (QED) is 0.154. The number of carbonyl (C=O) groups is 3. The number of halogens is 3. The van der Waals surface area contributed by atoms with Gasteiger partial charge in [0.1, 0.15) is 11.3 Å². The zero-order chi connectivity index (χ0) is 27.9. The zero-order valence-electron chi connectivity index (χ0n) is 20.4. The highest BCUT2D eigenvalue weighted by molar-refractivity contribution is 6.39.